The normalized spacial score (nSPS) is 19.0. The first-order valence-electron chi connectivity index (χ1n) is 10.4. The molecule has 1 aliphatic carbocycles. The molecule has 0 saturated heterocycles. The number of rotatable bonds is 4. The number of phenolic OH excluding ortho intramolecular Hbond substituents is 1. The lowest BCUT2D eigenvalue weighted by Crippen LogP contribution is -2.21. The van der Waals surface area contributed by atoms with Crippen molar-refractivity contribution in [3.63, 3.8) is 0 Å². The highest BCUT2D eigenvalue weighted by molar-refractivity contribution is 6.06. The second-order valence-corrected chi connectivity index (χ2v) is 9.18. The van der Waals surface area contributed by atoms with Gasteiger partial charge in [0.25, 0.3) is 0 Å². The van der Waals surface area contributed by atoms with Crippen LogP contribution in [0.15, 0.2) is 65.8 Å². The van der Waals surface area contributed by atoms with Gasteiger partial charge in [-0.25, -0.2) is 5.43 Å². The van der Waals surface area contributed by atoms with Gasteiger partial charge in [-0.15, -0.1) is 0 Å². The van der Waals surface area contributed by atoms with Crippen molar-refractivity contribution >= 4 is 22.4 Å². The van der Waals surface area contributed by atoms with Crippen LogP contribution in [0.2, 0.25) is 0 Å². The van der Waals surface area contributed by atoms with E-state index in [9.17, 15) is 9.90 Å². The summed E-state index contributed by atoms with van der Waals surface area (Å²) < 4.78 is 0. The van der Waals surface area contributed by atoms with Crippen LogP contribution in [0.1, 0.15) is 56.7 Å². The van der Waals surface area contributed by atoms with Gasteiger partial charge < -0.3 is 5.11 Å². The van der Waals surface area contributed by atoms with E-state index >= 15 is 0 Å². The van der Waals surface area contributed by atoms with E-state index in [0.717, 1.165) is 17.2 Å². The third-order valence-electron chi connectivity index (χ3n) is 5.96. The highest BCUT2D eigenvalue weighted by atomic mass is 16.3. The Morgan fingerprint density at radius 3 is 2.43 bits per heavy atom. The summed E-state index contributed by atoms with van der Waals surface area (Å²) in [7, 11) is 0. The van der Waals surface area contributed by atoms with Crippen LogP contribution in [-0.2, 0) is 10.2 Å². The predicted octanol–water partition coefficient (Wildman–Crippen LogP) is 5.49. The maximum atomic E-state index is 12.6. The molecule has 3 aromatic rings. The number of phenols is 1. The highest BCUT2D eigenvalue weighted by Crippen LogP contribution is 2.47. The monoisotopic (exact) mass is 400 g/mol. The molecule has 1 amide bonds. The molecule has 3 aromatic carbocycles. The number of nitrogens with zero attached hydrogens (tertiary/aromatic N) is 1. The van der Waals surface area contributed by atoms with Gasteiger partial charge in [0, 0.05) is 16.9 Å². The zero-order valence-corrected chi connectivity index (χ0v) is 17.9. The van der Waals surface area contributed by atoms with Crippen LogP contribution >= 0.6 is 0 Å². The lowest BCUT2D eigenvalue weighted by atomic mass is 9.86. The van der Waals surface area contributed by atoms with E-state index in [1.165, 1.54) is 11.1 Å². The second-order valence-electron chi connectivity index (χ2n) is 9.18. The fourth-order valence-corrected chi connectivity index (χ4v) is 3.91. The molecule has 0 radical (unpaired) electrons. The van der Waals surface area contributed by atoms with E-state index in [1.54, 1.807) is 6.92 Å². The summed E-state index contributed by atoms with van der Waals surface area (Å²) in [6.07, 6.45) is 0.844. The van der Waals surface area contributed by atoms with Crippen LogP contribution in [0.4, 0.5) is 0 Å². The molecule has 1 saturated carbocycles. The Labute approximate surface area is 177 Å². The fraction of sp³-hybridized carbons (Fsp3) is 0.308. The Hall–Kier alpha value is -3.14. The van der Waals surface area contributed by atoms with Crippen molar-refractivity contribution in [3.8, 4) is 5.75 Å². The van der Waals surface area contributed by atoms with Crippen molar-refractivity contribution in [2.45, 2.75) is 45.4 Å². The summed E-state index contributed by atoms with van der Waals surface area (Å²) in [5.41, 5.74) is 6.52. The molecule has 4 rings (SSSR count). The maximum absolute atomic E-state index is 12.6. The van der Waals surface area contributed by atoms with Crippen molar-refractivity contribution in [2.24, 2.45) is 11.0 Å². The number of carbonyl (C=O) groups excluding carboxylic acids is 1. The number of benzene rings is 3. The van der Waals surface area contributed by atoms with Crippen LogP contribution in [0.25, 0.3) is 10.8 Å². The standard InChI is InChI=1S/C26H28N2O2/c1-16(20-14-11-17-7-5-6-8-21(17)24(20)29)27-28-25(30)23-15-22(23)18-9-12-19(13-10-18)26(2,3)4/h5-14,22-23,29H,15H2,1-4H3,(H,28,30)/b27-16-. The molecule has 0 aromatic heterocycles. The average molecular weight is 401 g/mol. The van der Waals surface area contributed by atoms with E-state index in [2.05, 4.69) is 55.6 Å². The van der Waals surface area contributed by atoms with Crippen LogP contribution in [-0.4, -0.2) is 16.7 Å². The molecular weight excluding hydrogens is 372 g/mol. The van der Waals surface area contributed by atoms with Crippen molar-refractivity contribution in [1.29, 1.82) is 0 Å². The van der Waals surface area contributed by atoms with Gasteiger partial charge in [-0.3, -0.25) is 4.79 Å². The minimum Gasteiger partial charge on any atom is -0.507 e. The van der Waals surface area contributed by atoms with E-state index in [1.807, 2.05) is 36.4 Å². The lowest BCUT2D eigenvalue weighted by molar-refractivity contribution is -0.122. The maximum Gasteiger partial charge on any atom is 0.243 e. The Balaban J connectivity index is 1.43. The highest BCUT2D eigenvalue weighted by Gasteiger charge is 2.44. The second kappa shape index (κ2) is 7.60. The van der Waals surface area contributed by atoms with Crippen molar-refractivity contribution < 1.29 is 9.90 Å². The Bertz CT molecular complexity index is 1120. The number of amides is 1. The van der Waals surface area contributed by atoms with E-state index < -0.39 is 0 Å². The topological polar surface area (TPSA) is 61.7 Å². The van der Waals surface area contributed by atoms with Gasteiger partial charge in [-0.2, -0.15) is 5.10 Å². The quantitative estimate of drug-likeness (QED) is 0.449. The number of aromatic hydroxyl groups is 1. The van der Waals surface area contributed by atoms with Gasteiger partial charge >= 0.3 is 0 Å². The molecule has 0 heterocycles. The smallest absolute Gasteiger partial charge is 0.243 e. The minimum atomic E-state index is -0.0699. The molecule has 1 aliphatic rings. The van der Waals surface area contributed by atoms with Gasteiger partial charge in [0.15, 0.2) is 0 Å². The SMILES string of the molecule is C/C(=N/NC(=O)C1CC1c1ccc(C(C)(C)C)cc1)c1ccc2ccccc2c1O. The molecule has 0 bridgehead atoms. The third kappa shape index (κ3) is 3.95. The zero-order chi connectivity index (χ0) is 21.5. The molecule has 4 nitrogen and oxygen atoms in total. The van der Waals surface area contributed by atoms with Crippen LogP contribution in [0.5, 0.6) is 5.75 Å². The zero-order valence-electron chi connectivity index (χ0n) is 17.9. The van der Waals surface area contributed by atoms with Gasteiger partial charge in [-0.05, 0) is 47.3 Å². The molecule has 2 N–H and O–H groups in total. The summed E-state index contributed by atoms with van der Waals surface area (Å²) in [6.45, 7) is 8.38. The molecule has 0 spiro atoms. The van der Waals surface area contributed by atoms with E-state index in [0.29, 0.717) is 11.3 Å². The van der Waals surface area contributed by atoms with Crippen molar-refractivity contribution in [2.75, 3.05) is 0 Å². The van der Waals surface area contributed by atoms with Gasteiger partial charge in [0.05, 0.1) is 5.71 Å². The molecule has 1 fully saturated rings. The number of fused-ring (bicyclic) bond motifs is 1. The summed E-state index contributed by atoms with van der Waals surface area (Å²) in [5.74, 6) is 0.321. The van der Waals surface area contributed by atoms with Crippen LogP contribution in [0.3, 0.4) is 0 Å². The molecule has 30 heavy (non-hydrogen) atoms. The number of carbonyl (C=O) groups is 1. The molecule has 4 heteroatoms. The first-order valence-corrected chi connectivity index (χ1v) is 10.4. The number of hydrogen-bond acceptors (Lipinski definition) is 3. The first-order chi connectivity index (χ1) is 14.3. The van der Waals surface area contributed by atoms with E-state index in [4.69, 9.17) is 0 Å². The van der Waals surface area contributed by atoms with Gasteiger partial charge in [0.1, 0.15) is 5.75 Å². The third-order valence-corrected chi connectivity index (χ3v) is 5.96. The summed E-state index contributed by atoms with van der Waals surface area (Å²) in [4.78, 5) is 12.6. The number of nitrogens with one attached hydrogen (secondary N) is 1. The van der Waals surface area contributed by atoms with Crippen molar-refractivity contribution in [3.05, 3.63) is 77.4 Å². The summed E-state index contributed by atoms with van der Waals surface area (Å²) in [5, 5.41) is 16.6. The number of hydrogen-bond donors (Lipinski definition) is 2. The Kier molecular flexibility index (Phi) is 5.10. The van der Waals surface area contributed by atoms with Crippen molar-refractivity contribution in [1.82, 2.24) is 5.43 Å². The largest absolute Gasteiger partial charge is 0.507 e. The minimum absolute atomic E-state index is 0.0489. The number of hydrazone groups is 1. The summed E-state index contributed by atoms with van der Waals surface area (Å²) in [6, 6.07) is 20.0. The molecular formula is C26H28N2O2. The fourth-order valence-electron chi connectivity index (χ4n) is 3.91. The lowest BCUT2D eigenvalue weighted by Gasteiger charge is -2.19. The molecule has 2 unspecified atom stereocenters. The van der Waals surface area contributed by atoms with E-state index in [-0.39, 0.29) is 28.9 Å². The molecule has 2 atom stereocenters. The van der Waals surface area contributed by atoms with Gasteiger partial charge in [0.2, 0.25) is 5.91 Å². The Morgan fingerprint density at radius 2 is 1.73 bits per heavy atom. The predicted molar refractivity (Wildman–Crippen MR) is 122 cm³/mol. The van der Waals surface area contributed by atoms with Crippen LogP contribution < -0.4 is 5.43 Å². The molecule has 154 valence electrons. The first kappa shape index (κ1) is 20.1. The average Bonchev–Trinajstić information content (AvgIpc) is 3.53. The van der Waals surface area contributed by atoms with Crippen LogP contribution in [0, 0.1) is 5.92 Å². The summed E-state index contributed by atoms with van der Waals surface area (Å²) >= 11 is 0. The van der Waals surface area contributed by atoms with Gasteiger partial charge in [-0.1, -0.05) is 75.4 Å². The molecule has 0 aliphatic heterocycles. The Morgan fingerprint density at radius 1 is 1.03 bits per heavy atom.